The zero-order valence-corrected chi connectivity index (χ0v) is 12.5. The van der Waals surface area contributed by atoms with E-state index in [9.17, 15) is 5.11 Å². The Morgan fingerprint density at radius 2 is 2.13 bits per heavy atom. The number of nitrogens with zero attached hydrogens (tertiary/aromatic N) is 4. The van der Waals surface area contributed by atoms with Crippen LogP contribution in [0, 0.1) is 5.92 Å². The Labute approximate surface area is 133 Å². The number of imidazole rings is 1. The van der Waals surface area contributed by atoms with Crippen LogP contribution in [0.2, 0.25) is 0 Å². The van der Waals surface area contributed by atoms with Gasteiger partial charge in [-0.1, -0.05) is 24.3 Å². The molecule has 0 saturated carbocycles. The topological polar surface area (TPSA) is 81.9 Å². The van der Waals surface area contributed by atoms with Crippen molar-refractivity contribution in [2.45, 2.75) is 25.1 Å². The number of nitrogen functional groups attached to an aromatic ring is 1. The summed E-state index contributed by atoms with van der Waals surface area (Å²) in [5, 5.41) is 15.2. The highest BCUT2D eigenvalue weighted by atomic mass is 16.3. The SMILES string of the molecule is Nc1cc2n(n1)CC[C@@H](C1c3ccccc3-c3cncn31)[C@@H]2O. The van der Waals surface area contributed by atoms with Gasteiger partial charge in [-0.2, -0.15) is 5.10 Å². The Kier molecular flexibility index (Phi) is 2.50. The molecule has 3 N–H and O–H groups in total. The lowest BCUT2D eigenvalue weighted by atomic mass is 9.83. The number of aliphatic hydroxyl groups excluding tert-OH is 1. The van der Waals surface area contributed by atoms with Gasteiger partial charge in [0.1, 0.15) is 11.9 Å². The zero-order valence-electron chi connectivity index (χ0n) is 12.5. The quantitative estimate of drug-likeness (QED) is 0.720. The number of benzene rings is 1. The maximum Gasteiger partial charge on any atom is 0.145 e. The minimum absolute atomic E-state index is 0.0789. The largest absolute Gasteiger partial charge is 0.386 e. The Morgan fingerprint density at radius 1 is 1.26 bits per heavy atom. The fraction of sp³-hybridized carbons (Fsp3) is 0.294. The summed E-state index contributed by atoms with van der Waals surface area (Å²) in [7, 11) is 0. The van der Waals surface area contributed by atoms with Gasteiger partial charge in [0.25, 0.3) is 0 Å². The zero-order chi connectivity index (χ0) is 15.6. The van der Waals surface area contributed by atoms with Crippen molar-refractivity contribution in [3.05, 3.63) is 54.1 Å². The minimum Gasteiger partial charge on any atom is -0.386 e. The Hall–Kier alpha value is -2.60. The predicted molar refractivity (Wildman–Crippen MR) is 85.5 cm³/mol. The smallest absolute Gasteiger partial charge is 0.145 e. The average molecular weight is 307 g/mol. The van der Waals surface area contributed by atoms with Crippen LogP contribution in [0.15, 0.2) is 42.9 Å². The van der Waals surface area contributed by atoms with Gasteiger partial charge < -0.3 is 15.4 Å². The summed E-state index contributed by atoms with van der Waals surface area (Å²) in [5.41, 5.74) is 10.2. The van der Waals surface area contributed by atoms with Crippen LogP contribution in [-0.2, 0) is 6.54 Å². The van der Waals surface area contributed by atoms with Crippen molar-refractivity contribution in [2.24, 2.45) is 5.92 Å². The molecule has 0 saturated heterocycles. The molecular formula is C17H17N5O. The second-order valence-electron chi connectivity index (χ2n) is 6.33. The number of hydrogen-bond acceptors (Lipinski definition) is 4. The molecule has 0 amide bonds. The van der Waals surface area contributed by atoms with Crippen molar-refractivity contribution < 1.29 is 5.11 Å². The Morgan fingerprint density at radius 3 is 3.04 bits per heavy atom. The molecule has 4 heterocycles. The van der Waals surface area contributed by atoms with E-state index in [1.165, 1.54) is 11.1 Å². The maximum absolute atomic E-state index is 10.9. The van der Waals surface area contributed by atoms with E-state index in [-0.39, 0.29) is 12.0 Å². The third-order valence-corrected chi connectivity index (χ3v) is 5.14. The molecule has 6 heteroatoms. The maximum atomic E-state index is 10.9. The van der Waals surface area contributed by atoms with Gasteiger partial charge in [0.2, 0.25) is 0 Å². The molecule has 6 nitrogen and oxygen atoms in total. The molecule has 23 heavy (non-hydrogen) atoms. The molecule has 0 bridgehead atoms. The predicted octanol–water partition coefficient (Wildman–Crippen LogP) is 1.99. The van der Waals surface area contributed by atoms with Crippen LogP contribution in [-0.4, -0.2) is 24.4 Å². The number of aryl methyl sites for hydroxylation is 1. The molecule has 1 aromatic carbocycles. The van der Waals surface area contributed by atoms with E-state index in [1.54, 1.807) is 6.07 Å². The van der Waals surface area contributed by atoms with E-state index in [0.717, 1.165) is 24.4 Å². The molecule has 0 spiro atoms. The molecule has 116 valence electrons. The first-order valence-corrected chi connectivity index (χ1v) is 7.86. The molecule has 5 rings (SSSR count). The lowest BCUT2D eigenvalue weighted by Gasteiger charge is -2.34. The molecule has 1 unspecified atom stereocenters. The van der Waals surface area contributed by atoms with E-state index < -0.39 is 6.10 Å². The Balaban J connectivity index is 1.63. The first-order chi connectivity index (χ1) is 11.2. The number of hydrogen-bond donors (Lipinski definition) is 2. The second kappa shape index (κ2) is 4.45. The summed E-state index contributed by atoms with van der Waals surface area (Å²) in [6.45, 7) is 0.775. The molecule has 0 radical (unpaired) electrons. The van der Waals surface area contributed by atoms with E-state index in [2.05, 4.69) is 32.8 Å². The highest BCUT2D eigenvalue weighted by molar-refractivity contribution is 5.69. The van der Waals surface area contributed by atoms with Crippen molar-refractivity contribution in [3.8, 4) is 11.3 Å². The van der Waals surface area contributed by atoms with Crippen molar-refractivity contribution in [1.82, 2.24) is 19.3 Å². The fourth-order valence-corrected chi connectivity index (χ4v) is 4.16. The first-order valence-electron chi connectivity index (χ1n) is 7.86. The lowest BCUT2D eigenvalue weighted by molar-refractivity contribution is 0.0525. The Bertz CT molecular complexity index is 896. The molecule has 2 aliphatic rings. The second-order valence-corrected chi connectivity index (χ2v) is 6.33. The van der Waals surface area contributed by atoms with E-state index in [0.29, 0.717) is 5.82 Å². The van der Waals surface area contributed by atoms with Crippen LogP contribution in [0.1, 0.15) is 29.8 Å². The monoisotopic (exact) mass is 307 g/mol. The van der Waals surface area contributed by atoms with Crippen LogP contribution in [0.3, 0.4) is 0 Å². The van der Waals surface area contributed by atoms with Gasteiger partial charge in [-0.15, -0.1) is 0 Å². The lowest BCUT2D eigenvalue weighted by Crippen LogP contribution is -2.31. The summed E-state index contributed by atoms with van der Waals surface area (Å²) < 4.78 is 4.01. The van der Waals surface area contributed by atoms with E-state index in [1.807, 2.05) is 23.3 Å². The summed E-state index contributed by atoms with van der Waals surface area (Å²) in [4.78, 5) is 4.30. The molecule has 2 aliphatic heterocycles. The van der Waals surface area contributed by atoms with Crippen LogP contribution < -0.4 is 5.73 Å². The van der Waals surface area contributed by atoms with E-state index >= 15 is 0 Å². The average Bonchev–Trinajstić information content (AvgIpc) is 3.22. The number of aromatic nitrogens is 4. The first kappa shape index (κ1) is 12.9. The highest BCUT2D eigenvalue weighted by Crippen LogP contribution is 2.48. The van der Waals surface area contributed by atoms with Gasteiger partial charge in [-0.05, 0) is 12.0 Å². The minimum atomic E-state index is -0.583. The van der Waals surface area contributed by atoms with Crippen molar-refractivity contribution in [2.75, 3.05) is 5.73 Å². The fourth-order valence-electron chi connectivity index (χ4n) is 4.16. The number of rotatable bonds is 1. The summed E-state index contributed by atoms with van der Waals surface area (Å²) in [6, 6.07) is 10.3. The van der Waals surface area contributed by atoms with Crippen LogP contribution in [0.4, 0.5) is 5.82 Å². The van der Waals surface area contributed by atoms with Crippen LogP contribution in [0.5, 0.6) is 0 Å². The summed E-state index contributed by atoms with van der Waals surface area (Å²) in [5.74, 6) is 0.546. The van der Waals surface area contributed by atoms with Gasteiger partial charge in [0.15, 0.2) is 0 Å². The highest BCUT2D eigenvalue weighted by Gasteiger charge is 2.41. The standard InChI is InChI=1S/C17H17N5O/c18-15-7-13-17(23)12(5-6-22(13)20-15)16-11-4-2-1-3-10(11)14-8-19-9-21(14)16/h1-4,7-9,12,16-17,23H,5-6H2,(H2,18,20)/t12-,16?,17-/m0/s1. The number of fused-ring (bicyclic) bond motifs is 4. The van der Waals surface area contributed by atoms with Crippen molar-refractivity contribution in [1.29, 1.82) is 0 Å². The van der Waals surface area contributed by atoms with Gasteiger partial charge in [-0.3, -0.25) is 4.68 Å². The molecule has 3 atom stereocenters. The van der Waals surface area contributed by atoms with Crippen molar-refractivity contribution in [3.63, 3.8) is 0 Å². The third kappa shape index (κ3) is 1.66. The van der Waals surface area contributed by atoms with Gasteiger partial charge in [0.05, 0.1) is 30.0 Å². The van der Waals surface area contributed by atoms with Crippen LogP contribution >= 0.6 is 0 Å². The van der Waals surface area contributed by atoms with Crippen LogP contribution in [0.25, 0.3) is 11.3 Å². The van der Waals surface area contributed by atoms with Crippen molar-refractivity contribution >= 4 is 5.82 Å². The van der Waals surface area contributed by atoms with E-state index in [4.69, 9.17) is 5.73 Å². The molecular weight excluding hydrogens is 290 g/mol. The third-order valence-electron chi connectivity index (χ3n) is 5.14. The number of anilines is 1. The summed E-state index contributed by atoms with van der Waals surface area (Å²) in [6.07, 6.45) is 4.04. The normalized spacial score (nSPS) is 25.0. The number of aliphatic hydroxyl groups is 1. The van der Waals surface area contributed by atoms with Gasteiger partial charge >= 0.3 is 0 Å². The van der Waals surface area contributed by atoms with Gasteiger partial charge in [-0.25, -0.2) is 4.98 Å². The number of nitrogens with two attached hydrogens (primary N) is 1. The molecule has 3 aromatic rings. The van der Waals surface area contributed by atoms with Gasteiger partial charge in [0, 0.05) is 24.1 Å². The molecule has 0 fully saturated rings. The summed E-state index contributed by atoms with van der Waals surface area (Å²) >= 11 is 0. The molecule has 2 aromatic heterocycles. The molecule has 0 aliphatic carbocycles.